The summed E-state index contributed by atoms with van der Waals surface area (Å²) in [5.74, 6) is 0. The molecule has 0 radical (unpaired) electrons. The van der Waals surface area contributed by atoms with Crippen molar-refractivity contribution in [3.05, 3.63) is 29.8 Å². The van der Waals surface area contributed by atoms with Crippen LogP contribution < -0.4 is 4.90 Å². The molecule has 140 valence electrons. The van der Waals surface area contributed by atoms with Gasteiger partial charge in [-0.15, -0.1) is 0 Å². The summed E-state index contributed by atoms with van der Waals surface area (Å²) in [6.07, 6.45) is -4.39. The van der Waals surface area contributed by atoms with Crippen LogP contribution in [0.1, 0.15) is 5.56 Å². The topological polar surface area (TPSA) is 53.1 Å². The second kappa shape index (κ2) is 7.10. The number of piperazine rings is 1. The molecule has 0 amide bonds. The van der Waals surface area contributed by atoms with Gasteiger partial charge in [0.05, 0.1) is 18.8 Å². The number of alkyl halides is 3. The Bertz CT molecular complexity index is 697. The molecule has 0 saturated carbocycles. The first-order chi connectivity index (χ1) is 11.8. The maximum absolute atomic E-state index is 12.8. The van der Waals surface area contributed by atoms with Crippen LogP contribution in [0.15, 0.2) is 24.3 Å². The number of rotatable bonds is 3. The molecule has 0 aromatic heterocycles. The van der Waals surface area contributed by atoms with Crippen molar-refractivity contribution < 1.29 is 26.3 Å². The van der Waals surface area contributed by atoms with Crippen molar-refractivity contribution >= 4 is 15.9 Å². The lowest BCUT2D eigenvalue weighted by molar-refractivity contribution is -0.137. The predicted molar refractivity (Wildman–Crippen MR) is 86.5 cm³/mol. The molecule has 0 unspecified atom stereocenters. The Morgan fingerprint density at radius 3 is 2.12 bits per heavy atom. The molecule has 2 heterocycles. The molecular formula is C15H20F3N3O3S. The Morgan fingerprint density at radius 1 is 0.920 bits per heavy atom. The summed E-state index contributed by atoms with van der Waals surface area (Å²) in [5, 5.41) is 0. The average Bonchev–Trinajstić information content (AvgIpc) is 2.62. The largest absolute Gasteiger partial charge is 0.416 e. The van der Waals surface area contributed by atoms with Gasteiger partial charge in [-0.25, -0.2) is 0 Å². The van der Waals surface area contributed by atoms with Crippen molar-refractivity contribution in [2.24, 2.45) is 0 Å². The average molecular weight is 379 g/mol. The highest BCUT2D eigenvalue weighted by atomic mass is 32.2. The van der Waals surface area contributed by atoms with Gasteiger partial charge in [0.1, 0.15) is 0 Å². The summed E-state index contributed by atoms with van der Waals surface area (Å²) < 4.78 is 71.7. The fourth-order valence-corrected chi connectivity index (χ4v) is 4.56. The van der Waals surface area contributed by atoms with Gasteiger partial charge in [-0.1, -0.05) is 6.07 Å². The fourth-order valence-electron chi connectivity index (χ4n) is 3.00. The van der Waals surface area contributed by atoms with Crippen molar-refractivity contribution in [3.8, 4) is 0 Å². The second-order valence-corrected chi connectivity index (χ2v) is 7.88. The van der Waals surface area contributed by atoms with E-state index in [1.165, 1.54) is 14.7 Å². The van der Waals surface area contributed by atoms with Crippen LogP contribution in [0.3, 0.4) is 0 Å². The van der Waals surface area contributed by atoms with E-state index < -0.39 is 21.9 Å². The van der Waals surface area contributed by atoms with Crippen LogP contribution in [0.2, 0.25) is 0 Å². The van der Waals surface area contributed by atoms with Gasteiger partial charge in [-0.3, -0.25) is 0 Å². The summed E-state index contributed by atoms with van der Waals surface area (Å²) in [4.78, 5) is 1.78. The van der Waals surface area contributed by atoms with Gasteiger partial charge < -0.3 is 9.64 Å². The van der Waals surface area contributed by atoms with Gasteiger partial charge >= 0.3 is 6.18 Å². The zero-order chi connectivity index (χ0) is 18.1. The molecule has 2 saturated heterocycles. The van der Waals surface area contributed by atoms with E-state index in [1.54, 1.807) is 11.0 Å². The number of morpholine rings is 1. The summed E-state index contributed by atoms with van der Waals surface area (Å²) in [7, 11) is -3.54. The lowest BCUT2D eigenvalue weighted by Gasteiger charge is -2.38. The quantitative estimate of drug-likeness (QED) is 0.797. The number of ether oxygens (including phenoxy) is 1. The Balaban J connectivity index is 1.66. The van der Waals surface area contributed by atoms with E-state index in [-0.39, 0.29) is 13.1 Å². The Hall–Kier alpha value is -1.36. The van der Waals surface area contributed by atoms with Gasteiger partial charge in [-0.2, -0.15) is 30.2 Å². The molecule has 6 nitrogen and oxygen atoms in total. The number of hydrogen-bond acceptors (Lipinski definition) is 4. The highest BCUT2D eigenvalue weighted by Crippen LogP contribution is 2.32. The first kappa shape index (κ1) is 18.4. The minimum atomic E-state index is -4.39. The van der Waals surface area contributed by atoms with Crippen LogP contribution in [0.5, 0.6) is 0 Å². The molecular weight excluding hydrogens is 359 g/mol. The van der Waals surface area contributed by atoms with Crippen molar-refractivity contribution in [1.29, 1.82) is 0 Å². The zero-order valence-electron chi connectivity index (χ0n) is 13.6. The van der Waals surface area contributed by atoms with Crippen LogP contribution in [-0.4, -0.2) is 69.5 Å². The van der Waals surface area contributed by atoms with Crippen molar-refractivity contribution in [3.63, 3.8) is 0 Å². The van der Waals surface area contributed by atoms with Crippen LogP contribution in [-0.2, 0) is 21.1 Å². The van der Waals surface area contributed by atoms with Crippen LogP contribution in [0.25, 0.3) is 0 Å². The van der Waals surface area contributed by atoms with Gasteiger partial charge in [0.15, 0.2) is 0 Å². The molecule has 0 aliphatic carbocycles. The fraction of sp³-hybridized carbons (Fsp3) is 0.600. The Morgan fingerprint density at radius 2 is 1.52 bits per heavy atom. The minimum absolute atomic E-state index is 0.246. The summed E-state index contributed by atoms with van der Waals surface area (Å²) in [6.45, 7) is 2.61. The second-order valence-electron chi connectivity index (χ2n) is 5.95. The smallest absolute Gasteiger partial charge is 0.379 e. The van der Waals surface area contributed by atoms with E-state index in [0.29, 0.717) is 45.1 Å². The molecule has 0 bridgehead atoms. The Labute approximate surface area is 144 Å². The van der Waals surface area contributed by atoms with Crippen LogP contribution in [0, 0.1) is 0 Å². The monoisotopic (exact) mass is 379 g/mol. The number of benzene rings is 1. The number of halogens is 3. The maximum Gasteiger partial charge on any atom is 0.416 e. The zero-order valence-corrected chi connectivity index (χ0v) is 14.4. The molecule has 0 atom stereocenters. The summed E-state index contributed by atoms with van der Waals surface area (Å²) in [5.41, 5.74) is -0.244. The third kappa shape index (κ3) is 4.08. The first-order valence-electron chi connectivity index (χ1n) is 8.04. The molecule has 1 aromatic carbocycles. The van der Waals surface area contributed by atoms with Gasteiger partial charge in [0, 0.05) is 45.0 Å². The molecule has 0 spiro atoms. The predicted octanol–water partition coefficient (Wildman–Crippen LogP) is 1.40. The normalized spacial score (nSPS) is 21.5. The molecule has 25 heavy (non-hydrogen) atoms. The van der Waals surface area contributed by atoms with Crippen molar-refractivity contribution in [2.45, 2.75) is 6.18 Å². The van der Waals surface area contributed by atoms with E-state index in [4.69, 9.17) is 4.74 Å². The highest BCUT2D eigenvalue weighted by Gasteiger charge is 2.34. The lowest BCUT2D eigenvalue weighted by atomic mass is 10.1. The molecule has 10 heteroatoms. The van der Waals surface area contributed by atoms with Crippen molar-refractivity contribution in [2.75, 3.05) is 57.4 Å². The third-order valence-corrected chi connectivity index (χ3v) is 6.44. The van der Waals surface area contributed by atoms with Gasteiger partial charge in [-0.05, 0) is 18.2 Å². The maximum atomic E-state index is 12.8. The van der Waals surface area contributed by atoms with Crippen molar-refractivity contribution in [1.82, 2.24) is 8.61 Å². The van der Waals surface area contributed by atoms with Crippen LogP contribution >= 0.6 is 0 Å². The standard InChI is InChI=1S/C15H20F3N3O3S/c16-15(17,18)13-2-1-3-14(12-13)19-4-6-20(7-5-19)25(22,23)21-8-10-24-11-9-21/h1-3,12H,4-11H2. The molecule has 1 aromatic rings. The number of anilines is 1. The molecule has 3 rings (SSSR count). The highest BCUT2D eigenvalue weighted by molar-refractivity contribution is 7.86. The summed E-state index contributed by atoms with van der Waals surface area (Å²) >= 11 is 0. The van der Waals surface area contributed by atoms with E-state index in [2.05, 4.69) is 0 Å². The van der Waals surface area contributed by atoms with Crippen LogP contribution in [0.4, 0.5) is 18.9 Å². The van der Waals surface area contributed by atoms with E-state index >= 15 is 0 Å². The van der Waals surface area contributed by atoms with Gasteiger partial charge in [0.2, 0.25) is 0 Å². The molecule has 2 fully saturated rings. The first-order valence-corrected chi connectivity index (χ1v) is 9.43. The molecule has 2 aliphatic rings. The van der Waals surface area contributed by atoms with Gasteiger partial charge in [0.25, 0.3) is 10.2 Å². The number of hydrogen-bond donors (Lipinski definition) is 0. The lowest BCUT2D eigenvalue weighted by Crippen LogP contribution is -2.55. The Kier molecular flexibility index (Phi) is 5.24. The van der Waals surface area contributed by atoms with E-state index in [1.807, 2.05) is 0 Å². The van der Waals surface area contributed by atoms with E-state index in [0.717, 1.165) is 12.1 Å². The summed E-state index contributed by atoms with van der Waals surface area (Å²) in [6, 6.07) is 5.12. The SMILES string of the molecule is O=S(=O)(N1CCOCC1)N1CCN(c2cccc(C(F)(F)F)c2)CC1. The third-order valence-electron chi connectivity index (χ3n) is 4.40. The minimum Gasteiger partial charge on any atom is -0.379 e. The molecule has 2 aliphatic heterocycles. The van der Waals surface area contributed by atoms with E-state index in [9.17, 15) is 21.6 Å². The molecule has 0 N–H and O–H groups in total. The number of nitrogens with zero attached hydrogens (tertiary/aromatic N) is 3.